The summed E-state index contributed by atoms with van der Waals surface area (Å²) >= 11 is 9.27. The third-order valence-corrected chi connectivity index (χ3v) is 3.54. The van der Waals surface area contributed by atoms with E-state index < -0.39 is 11.1 Å². The van der Waals surface area contributed by atoms with Crippen LogP contribution in [0.5, 0.6) is 5.75 Å². The predicted octanol–water partition coefficient (Wildman–Crippen LogP) is 0.814. The van der Waals surface area contributed by atoms with E-state index in [0.29, 0.717) is 0 Å². The van der Waals surface area contributed by atoms with E-state index in [1.807, 2.05) is 30.3 Å². The maximum atomic E-state index is 11.1. The van der Waals surface area contributed by atoms with Gasteiger partial charge in [0.1, 0.15) is 6.61 Å². The second kappa shape index (κ2) is 8.39. The first kappa shape index (κ1) is 18.0. The van der Waals surface area contributed by atoms with Crippen LogP contribution in [0.25, 0.3) is 0 Å². The smallest absolute Gasteiger partial charge is 0.768 e. The largest absolute Gasteiger partial charge is 1.00 e. The van der Waals surface area contributed by atoms with E-state index >= 15 is 0 Å². The summed E-state index contributed by atoms with van der Waals surface area (Å²) < 4.78 is 27.8. The van der Waals surface area contributed by atoms with Crippen LogP contribution < -0.4 is 34.3 Å². The molecule has 0 aliphatic rings. The molecule has 0 radical (unpaired) electrons. The number of hydrogen-bond acceptors (Lipinski definition) is 3. The topological polar surface area (TPSA) is 49.4 Å². The molecular weight excluding hydrogens is 330 g/mol. The van der Waals surface area contributed by atoms with Crippen molar-refractivity contribution in [1.29, 1.82) is 0 Å². The Hall–Kier alpha value is -0.0700. The number of ether oxygens (including phenoxy) is 1. The molecule has 2 aromatic rings. The van der Waals surface area contributed by atoms with Gasteiger partial charge in [0, 0.05) is 5.02 Å². The Morgan fingerprint density at radius 3 is 2.40 bits per heavy atom. The second-order valence-corrected chi connectivity index (χ2v) is 5.48. The Bertz CT molecular complexity index is 608. The molecule has 100 valence electrons. The Labute approximate surface area is 151 Å². The van der Waals surface area contributed by atoms with Crippen molar-refractivity contribution in [3.05, 3.63) is 58.1 Å². The quantitative estimate of drug-likeness (QED) is 0.612. The van der Waals surface area contributed by atoms with Crippen LogP contribution in [0.4, 0.5) is 0 Å². The minimum Gasteiger partial charge on any atom is -0.768 e. The van der Waals surface area contributed by atoms with Gasteiger partial charge in [-0.1, -0.05) is 53.5 Å². The van der Waals surface area contributed by atoms with Crippen LogP contribution >= 0.6 is 23.2 Å². The first-order chi connectivity index (χ1) is 9.08. The molecule has 0 saturated heterocycles. The number of hydrogen-bond donors (Lipinski definition) is 0. The van der Waals surface area contributed by atoms with Gasteiger partial charge in [0.25, 0.3) is 0 Å². The van der Waals surface area contributed by atoms with E-state index in [0.717, 1.165) is 5.56 Å². The molecule has 0 N–H and O–H groups in total. The minimum atomic E-state index is -2.46. The molecule has 1 unspecified atom stereocenters. The van der Waals surface area contributed by atoms with Gasteiger partial charge in [0.05, 0.1) is 9.92 Å². The molecule has 0 heterocycles. The first-order valence-electron chi connectivity index (χ1n) is 5.33. The molecule has 0 fully saturated rings. The standard InChI is InChI=1S/C13H10Cl2O3S.Na/c14-10-6-11(15)13(12(7-10)19(16)17)18-8-9-4-2-1-3-5-9;/h1-7H,8H2,(H,16,17);/q;+1/p-1. The average Bonchev–Trinajstić information content (AvgIpc) is 2.38. The van der Waals surface area contributed by atoms with Crippen LogP contribution in [-0.2, 0) is 17.7 Å². The zero-order valence-electron chi connectivity index (χ0n) is 10.6. The van der Waals surface area contributed by atoms with E-state index in [2.05, 4.69) is 0 Å². The van der Waals surface area contributed by atoms with Gasteiger partial charge in [-0.2, -0.15) is 0 Å². The molecule has 3 nitrogen and oxygen atoms in total. The van der Waals surface area contributed by atoms with Crippen LogP contribution in [0.2, 0.25) is 10.0 Å². The summed E-state index contributed by atoms with van der Waals surface area (Å²) in [5.41, 5.74) is 0.913. The van der Waals surface area contributed by atoms with Gasteiger partial charge < -0.3 is 9.29 Å². The minimum absolute atomic E-state index is 0. The predicted molar refractivity (Wildman–Crippen MR) is 74.4 cm³/mol. The third-order valence-electron chi connectivity index (χ3n) is 2.38. The molecule has 0 aliphatic heterocycles. The van der Waals surface area contributed by atoms with Crippen molar-refractivity contribution in [2.75, 3.05) is 0 Å². The van der Waals surface area contributed by atoms with Crippen molar-refractivity contribution in [3.63, 3.8) is 0 Å². The molecule has 0 bridgehead atoms. The Balaban J connectivity index is 0.00000200. The first-order valence-corrected chi connectivity index (χ1v) is 7.16. The maximum Gasteiger partial charge on any atom is 1.00 e. The summed E-state index contributed by atoms with van der Waals surface area (Å²) in [5, 5.41) is 0.416. The van der Waals surface area contributed by atoms with Crippen molar-refractivity contribution in [2.45, 2.75) is 11.5 Å². The fraction of sp³-hybridized carbons (Fsp3) is 0.0769. The summed E-state index contributed by atoms with van der Waals surface area (Å²) in [7, 11) is 0. The van der Waals surface area contributed by atoms with Crippen LogP contribution in [0.3, 0.4) is 0 Å². The Morgan fingerprint density at radius 2 is 1.80 bits per heavy atom. The molecule has 2 aromatic carbocycles. The van der Waals surface area contributed by atoms with Crippen LogP contribution in [0, 0.1) is 0 Å². The molecule has 2 rings (SSSR count). The summed E-state index contributed by atoms with van der Waals surface area (Å²) in [6.45, 7) is 0.229. The molecule has 0 saturated carbocycles. The molecular formula is C13H9Cl2NaO3S. The van der Waals surface area contributed by atoms with Gasteiger partial charge in [-0.05, 0) is 28.8 Å². The van der Waals surface area contributed by atoms with Crippen molar-refractivity contribution in [2.24, 2.45) is 0 Å². The van der Waals surface area contributed by atoms with Gasteiger partial charge in [-0.3, -0.25) is 4.21 Å². The maximum absolute atomic E-state index is 11.1. The fourth-order valence-electron chi connectivity index (χ4n) is 1.53. The van der Waals surface area contributed by atoms with E-state index in [1.54, 1.807) is 0 Å². The van der Waals surface area contributed by atoms with Gasteiger partial charge in [-0.15, -0.1) is 0 Å². The van der Waals surface area contributed by atoms with E-state index in [4.69, 9.17) is 27.9 Å². The number of halogens is 2. The van der Waals surface area contributed by atoms with Gasteiger partial charge in [0.15, 0.2) is 5.75 Å². The summed E-state index contributed by atoms with van der Waals surface area (Å²) in [4.78, 5) is -0.0477. The zero-order valence-corrected chi connectivity index (χ0v) is 15.0. The SMILES string of the molecule is O=S([O-])c1cc(Cl)cc(Cl)c1OCc1ccccc1.[Na+]. The Kier molecular flexibility index (Phi) is 7.54. The number of benzene rings is 2. The van der Waals surface area contributed by atoms with Crippen molar-refractivity contribution >= 4 is 34.3 Å². The van der Waals surface area contributed by atoms with E-state index in [-0.39, 0.29) is 56.9 Å². The van der Waals surface area contributed by atoms with Crippen LogP contribution in [0.15, 0.2) is 47.4 Å². The monoisotopic (exact) mass is 338 g/mol. The number of rotatable bonds is 4. The molecule has 0 amide bonds. The van der Waals surface area contributed by atoms with Crippen molar-refractivity contribution in [1.82, 2.24) is 0 Å². The Morgan fingerprint density at radius 1 is 1.15 bits per heavy atom. The molecule has 7 heteroatoms. The molecule has 0 aromatic heterocycles. The fourth-order valence-corrected chi connectivity index (χ4v) is 2.74. The van der Waals surface area contributed by atoms with Crippen molar-refractivity contribution < 1.29 is 43.1 Å². The third kappa shape index (κ3) is 4.74. The summed E-state index contributed by atoms with van der Waals surface area (Å²) in [6, 6.07) is 12.1. The molecule has 0 aliphatic carbocycles. The normalized spacial score (nSPS) is 11.6. The second-order valence-electron chi connectivity index (χ2n) is 3.72. The summed E-state index contributed by atoms with van der Waals surface area (Å²) in [6.07, 6.45) is 0. The van der Waals surface area contributed by atoms with Gasteiger partial charge in [0.2, 0.25) is 0 Å². The van der Waals surface area contributed by atoms with E-state index in [1.165, 1.54) is 12.1 Å². The molecule has 0 spiro atoms. The zero-order chi connectivity index (χ0) is 13.8. The van der Waals surface area contributed by atoms with Crippen LogP contribution in [0.1, 0.15) is 5.56 Å². The van der Waals surface area contributed by atoms with Crippen molar-refractivity contribution in [3.8, 4) is 5.75 Å². The molecule has 20 heavy (non-hydrogen) atoms. The van der Waals surface area contributed by atoms with Crippen LogP contribution in [-0.4, -0.2) is 8.76 Å². The summed E-state index contributed by atoms with van der Waals surface area (Å²) in [5.74, 6) is 0.114. The average molecular weight is 339 g/mol. The van der Waals surface area contributed by atoms with E-state index in [9.17, 15) is 8.76 Å². The van der Waals surface area contributed by atoms with Gasteiger partial charge >= 0.3 is 29.6 Å². The van der Waals surface area contributed by atoms with Gasteiger partial charge in [-0.25, -0.2) is 0 Å². The molecule has 1 atom stereocenters.